The van der Waals surface area contributed by atoms with Crippen molar-refractivity contribution in [3.05, 3.63) is 54.4 Å². The van der Waals surface area contributed by atoms with Crippen LogP contribution in [0.2, 0.25) is 0 Å². The van der Waals surface area contributed by atoms with Crippen LogP contribution in [0.15, 0.2) is 48.8 Å². The van der Waals surface area contributed by atoms with Crippen molar-refractivity contribution < 1.29 is 9.47 Å². The Bertz CT molecular complexity index is 640. The van der Waals surface area contributed by atoms with Crippen molar-refractivity contribution in [1.29, 1.82) is 0 Å². The summed E-state index contributed by atoms with van der Waals surface area (Å²) in [6, 6.07) is 12.4. The molecule has 134 valence electrons. The third-order valence-electron chi connectivity index (χ3n) is 4.25. The third kappa shape index (κ3) is 5.18. The molecular weight excluding hydrogens is 314 g/mol. The molecule has 0 unspecified atom stereocenters. The highest BCUT2D eigenvalue weighted by Gasteiger charge is 2.23. The Kier molecular flexibility index (Phi) is 6.25. The van der Waals surface area contributed by atoms with Crippen molar-refractivity contribution >= 4 is 5.69 Å². The lowest BCUT2D eigenvalue weighted by Crippen LogP contribution is -2.46. The van der Waals surface area contributed by atoms with Gasteiger partial charge in [0.15, 0.2) is 0 Å². The van der Waals surface area contributed by atoms with Gasteiger partial charge in [0, 0.05) is 38.1 Å². The van der Waals surface area contributed by atoms with Gasteiger partial charge in [-0.05, 0) is 37.6 Å². The molecule has 5 heteroatoms. The molecule has 1 aliphatic rings. The van der Waals surface area contributed by atoms with Crippen LogP contribution >= 0.6 is 0 Å². The van der Waals surface area contributed by atoms with Gasteiger partial charge in [0.05, 0.1) is 18.4 Å². The first-order chi connectivity index (χ1) is 12.2. The maximum Gasteiger partial charge on any atom is 0.137 e. The zero-order chi connectivity index (χ0) is 17.5. The smallest absolute Gasteiger partial charge is 0.137 e. The van der Waals surface area contributed by atoms with E-state index in [2.05, 4.69) is 53.3 Å². The standard InChI is InChI=1S/C20H27N3O2/c1-16-14-23(15-17(2)25-16)20-8-4-3-6-18(20)12-22-10-11-24-19-7-5-9-21-13-19/h3-9,13,16-17,22H,10-12,14-15H2,1-2H3/t16-,17+. The fourth-order valence-corrected chi connectivity index (χ4v) is 3.24. The van der Waals surface area contributed by atoms with Crippen LogP contribution in [0.4, 0.5) is 5.69 Å². The Morgan fingerprint density at radius 3 is 2.72 bits per heavy atom. The molecule has 2 atom stereocenters. The lowest BCUT2D eigenvalue weighted by Gasteiger charge is -2.37. The van der Waals surface area contributed by atoms with Crippen molar-refractivity contribution in [2.75, 3.05) is 31.1 Å². The number of pyridine rings is 1. The Labute approximate surface area is 150 Å². The number of benzene rings is 1. The van der Waals surface area contributed by atoms with Crippen LogP contribution in [0.1, 0.15) is 19.4 Å². The number of nitrogens with one attached hydrogen (secondary N) is 1. The van der Waals surface area contributed by atoms with E-state index in [0.717, 1.165) is 31.9 Å². The minimum absolute atomic E-state index is 0.262. The maximum atomic E-state index is 5.85. The number of hydrogen-bond acceptors (Lipinski definition) is 5. The van der Waals surface area contributed by atoms with E-state index in [9.17, 15) is 0 Å². The molecule has 1 fully saturated rings. The van der Waals surface area contributed by atoms with Gasteiger partial charge in [0.25, 0.3) is 0 Å². The molecule has 0 amide bonds. The fraction of sp³-hybridized carbons (Fsp3) is 0.450. The van der Waals surface area contributed by atoms with Crippen LogP contribution in [-0.2, 0) is 11.3 Å². The lowest BCUT2D eigenvalue weighted by molar-refractivity contribution is -0.00526. The Morgan fingerprint density at radius 1 is 1.16 bits per heavy atom. The zero-order valence-electron chi connectivity index (χ0n) is 15.0. The molecule has 0 aliphatic carbocycles. The van der Waals surface area contributed by atoms with Crippen molar-refractivity contribution in [2.45, 2.75) is 32.6 Å². The normalized spacial score (nSPS) is 20.5. The zero-order valence-corrected chi connectivity index (χ0v) is 15.0. The predicted molar refractivity (Wildman–Crippen MR) is 100 cm³/mol. The lowest BCUT2D eigenvalue weighted by atomic mass is 10.1. The summed E-state index contributed by atoms with van der Waals surface area (Å²) in [4.78, 5) is 6.48. The largest absolute Gasteiger partial charge is 0.491 e. The van der Waals surface area contributed by atoms with Crippen molar-refractivity contribution in [1.82, 2.24) is 10.3 Å². The summed E-state index contributed by atoms with van der Waals surface area (Å²) in [6.07, 6.45) is 4.00. The van der Waals surface area contributed by atoms with Crippen molar-refractivity contribution in [3.63, 3.8) is 0 Å². The van der Waals surface area contributed by atoms with E-state index in [1.54, 1.807) is 12.4 Å². The van der Waals surface area contributed by atoms with Crippen LogP contribution in [-0.4, -0.2) is 43.4 Å². The van der Waals surface area contributed by atoms with Crippen molar-refractivity contribution in [3.8, 4) is 5.75 Å². The molecule has 0 bridgehead atoms. The maximum absolute atomic E-state index is 5.85. The summed E-state index contributed by atoms with van der Waals surface area (Å²) in [5, 5.41) is 3.47. The van der Waals surface area contributed by atoms with E-state index < -0.39 is 0 Å². The summed E-state index contributed by atoms with van der Waals surface area (Å²) < 4.78 is 11.5. The summed E-state index contributed by atoms with van der Waals surface area (Å²) in [7, 11) is 0. The number of nitrogens with zero attached hydrogens (tertiary/aromatic N) is 2. The highest BCUT2D eigenvalue weighted by molar-refractivity contribution is 5.54. The molecule has 3 rings (SSSR count). The van der Waals surface area contributed by atoms with E-state index in [-0.39, 0.29) is 12.2 Å². The van der Waals surface area contributed by atoms with Gasteiger partial charge < -0.3 is 19.7 Å². The number of rotatable bonds is 7. The van der Waals surface area contributed by atoms with Gasteiger partial charge in [0.1, 0.15) is 12.4 Å². The van der Waals surface area contributed by atoms with Gasteiger partial charge in [-0.1, -0.05) is 18.2 Å². The van der Waals surface area contributed by atoms with Crippen LogP contribution in [0, 0.1) is 0 Å². The Balaban J connectivity index is 1.51. The molecule has 1 aliphatic heterocycles. The average molecular weight is 341 g/mol. The fourth-order valence-electron chi connectivity index (χ4n) is 3.24. The summed E-state index contributed by atoms with van der Waals surface area (Å²) >= 11 is 0. The quantitative estimate of drug-likeness (QED) is 0.785. The number of para-hydroxylation sites is 1. The number of ether oxygens (including phenoxy) is 2. The molecule has 1 N–H and O–H groups in total. The number of anilines is 1. The first-order valence-electron chi connectivity index (χ1n) is 8.94. The molecule has 2 heterocycles. The minimum atomic E-state index is 0.262. The second-order valence-electron chi connectivity index (χ2n) is 6.50. The van der Waals surface area contributed by atoms with Gasteiger partial charge >= 0.3 is 0 Å². The monoisotopic (exact) mass is 341 g/mol. The van der Waals surface area contributed by atoms with E-state index in [1.807, 2.05) is 12.1 Å². The molecular formula is C20H27N3O2. The molecule has 5 nitrogen and oxygen atoms in total. The Hall–Kier alpha value is -2.11. The SMILES string of the molecule is C[C@@H]1CN(c2ccccc2CNCCOc2cccnc2)C[C@H](C)O1. The van der Waals surface area contributed by atoms with E-state index in [0.29, 0.717) is 6.61 Å². The van der Waals surface area contributed by atoms with E-state index >= 15 is 0 Å². The molecule has 0 spiro atoms. The highest BCUT2D eigenvalue weighted by Crippen LogP contribution is 2.24. The third-order valence-corrected chi connectivity index (χ3v) is 4.25. The molecule has 1 saturated heterocycles. The second kappa shape index (κ2) is 8.83. The van der Waals surface area contributed by atoms with Gasteiger partial charge in [-0.15, -0.1) is 0 Å². The van der Waals surface area contributed by atoms with E-state index in [1.165, 1.54) is 11.3 Å². The average Bonchev–Trinajstić information content (AvgIpc) is 2.62. The molecule has 2 aromatic rings. The first kappa shape index (κ1) is 17.7. The van der Waals surface area contributed by atoms with Gasteiger partial charge in [-0.25, -0.2) is 0 Å². The summed E-state index contributed by atoms with van der Waals surface area (Å²) in [5.41, 5.74) is 2.61. The predicted octanol–water partition coefficient (Wildman–Crippen LogP) is 2.86. The first-order valence-corrected chi connectivity index (χ1v) is 8.94. The summed E-state index contributed by atoms with van der Waals surface area (Å²) in [5.74, 6) is 0.806. The number of morpholine rings is 1. The molecule has 0 radical (unpaired) electrons. The van der Waals surface area contributed by atoms with Crippen LogP contribution < -0.4 is 15.0 Å². The summed E-state index contributed by atoms with van der Waals surface area (Å²) in [6.45, 7) is 8.39. The Morgan fingerprint density at radius 2 is 1.96 bits per heavy atom. The van der Waals surface area contributed by atoms with Crippen LogP contribution in [0.5, 0.6) is 5.75 Å². The number of hydrogen-bond donors (Lipinski definition) is 1. The van der Waals surface area contributed by atoms with Crippen LogP contribution in [0.25, 0.3) is 0 Å². The molecule has 1 aromatic heterocycles. The van der Waals surface area contributed by atoms with E-state index in [4.69, 9.17) is 9.47 Å². The topological polar surface area (TPSA) is 46.6 Å². The van der Waals surface area contributed by atoms with Gasteiger partial charge in [-0.2, -0.15) is 0 Å². The highest BCUT2D eigenvalue weighted by atomic mass is 16.5. The van der Waals surface area contributed by atoms with Gasteiger partial charge in [-0.3, -0.25) is 4.98 Å². The van der Waals surface area contributed by atoms with Crippen LogP contribution in [0.3, 0.4) is 0 Å². The van der Waals surface area contributed by atoms with Gasteiger partial charge in [0.2, 0.25) is 0 Å². The number of aromatic nitrogens is 1. The molecule has 25 heavy (non-hydrogen) atoms. The van der Waals surface area contributed by atoms with Crippen molar-refractivity contribution in [2.24, 2.45) is 0 Å². The molecule has 1 aromatic carbocycles. The minimum Gasteiger partial charge on any atom is -0.491 e. The molecule has 0 saturated carbocycles. The second-order valence-corrected chi connectivity index (χ2v) is 6.50.